The lowest BCUT2D eigenvalue weighted by Crippen LogP contribution is -2.53. The lowest BCUT2D eigenvalue weighted by Gasteiger charge is -2.27. The van der Waals surface area contributed by atoms with E-state index in [1.54, 1.807) is 12.1 Å². The van der Waals surface area contributed by atoms with Crippen molar-refractivity contribution in [3.8, 4) is 0 Å². The van der Waals surface area contributed by atoms with Crippen molar-refractivity contribution >= 4 is 5.91 Å². The molecule has 20 heavy (non-hydrogen) atoms. The van der Waals surface area contributed by atoms with E-state index in [0.29, 0.717) is 6.54 Å². The molecule has 4 heteroatoms. The van der Waals surface area contributed by atoms with Crippen LogP contribution in [0.2, 0.25) is 0 Å². The first-order valence-electron chi connectivity index (χ1n) is 7.44. The molecular formula is C16H23FN2O. The van der Waals surface area contributed by atoms with Crippen LogP contribution in [0.5, 0.6) is 0 Å². The zero-order chi connectivity index (χ0) is 14.4. The highest BCUT2D eigenvalue weighted by Crippen LogP contribution is 2.24. The molecule has 1 fully saturated rings. The normalized spacial score (nSPS) is 21.9. The van der Waals surface area contributed by atoms with Crippen LogP contribution in [0.15, 0.2) is 24.3 Å². The maximum absolute atomic E-state index is 12.8. The van der Waals surface area contributed by atoms with Crippen LogP contribution in [-0.4, -0.2) is 24.5 Å². The van der Waals surface area contributed by atoms with Crippen molar-refractivity contribution in [2.45, 2.75) is 44.6 Å². The van der Waals surface area contributed by atoms with Gasteiger partial charge in [-0.1, -0.05) is 25.5 Å². The molecule has 1 amide bonds. The van der Waals surface area contributed by atoms with Gasteiger partial charge in [-0.15, -0.1) is 0 Å². The fourth-order valence-electron chi connectivity index (χ4n) is 2.89. The van der Waals surface area contributed by atoms with Crippen LogP contribution in [-0.2, 0) is 11.2 Å². The first-order valence-corrected chi connectivity index (χ1v) is 7.44. The number of benzene rings is 1. The Morgan fingerprint density at radius 1 is 1.40 bits per heavy atom. The first kappa shape index (κ1) is 15.0. The zero-order valence-electron chi connectivity index (χ0n) is 12.0. The van der Waals surface area contributed by atoms with E-state index in [1.165, 1.54) is 12.1 Å². The molecule has 0 aromatic heterocycles. The van der Waals surface area contributed by atoms with Gasteiger partial charge >= 0.3 is 0 Å². The fraction of sp³-hybridized carbons (Fsp3) is 0.562. The molecule has 110 valence electrons. The number of rotatable bonds is 6. The Morgan fingerprint density at radius 2 is 2.15 bits per heavy atom. The van der Waals surface area contributed by atoms with Crippen LogP contribution in [0.3, 0.4) is 0 Å². The summed E-state index contributed by atoms with van der Waals surface area (Å²) in [6.45, 7) is 3.62. The highest BCUT2D eigenvalue weighted by molar-refractivity contribution is 5.86. The summed E-state index contributed by atoms with van der Waals surface area (Å²) >= 11 is 0. The number of carbonyl (C=O) groups excluding carboxylic acids is 1. The van der Waals surface area contributed by atoms with Crippen LogP contribution in [0.25, 0.3) is 0 Å². The van der Waals surface area contributed by atoms with Gasteiger partial charge in [0.05, 0.1) is 5.54 Å². The van der Waals surface area contributed by atoms with Gasteiger partial charge < -0.3 is 10.6 Å². The van der Waals surface area contributed by atoms with E-state index >= 15 is 0 Å². The minimum absolute atomic E-state index is 0.110. The van der Waals surface area contributed by atoms with E-state index in [1.807, 2.05) is 0 Å². The quantitative estimate of drug-likeness (QED) is 0.839. The number of halogens is 1. The predicted octanol–water partition coefficient (Wildman–Crippen LogP) is 2.41. The summed E-state index contributed by atoms with van der Waals surface area (Å²) in [6.07, 6.45) is 4.59. The second kappa shape index (κ2) is 6.84. The molecule has 1 atom stereocenters. The van der Waals surface area contributed by atoms with E-state index in [-0.39, 0.29) is 17.3 Å². The Hall–Kier alpha value is -1.42. The van der Waals surface area contributed by atoms with Gasteiger partial charge in [-0.05, 0) is 49.9 Å². The van der Waals surface area contributed by atoms with Crippen molar-refractivity contribution in [1.82, 2.24) is 10.6 Å². The van der Waals surface area contributed by atoms with E-state index in [9.17, 15) is 9.18 Å². The Bertz CT molecular complexity index is 438. The predicted molar refractivity (Wildman–Crippen MR) is 78.0 cm³/mol. The highest BCUT2D eigenvalue weighted by Gasteiger charge is 2.39. The summed E-state index contributed by atoms with van der Waals surface area (Å²) in [5.41, 5.74) is 0.674. The van der Waals surface area contributed by atoms with Gasteiger partial charge in [-0.25, -0.2) is 4.39 Å². The molecule has 1 aliphatic heterocycles. The molecule has 0 saturated carbocycles. The molecule has 0 bridgehead atoms. The Kier molecular flexibility index (Phi) is 5.12. The van der Waals surface area contributed by atoms with E-state index < -0.39 is 0 Å². The second-order valence-electron chi connectivity index (χ2n) is 5.49. The molecule has 0 aliphatic carbocycles. The topological polar surface area (TPSA) is 41.1 Å². The lowest BCUT2D eigenvalue weighted by molar-refractivity contribution is -0.127. The summed E-state index contributed by atoms with van der Waals surface area (Å²) in [5, 5.41) is 6.38. The maximum Gasteiger partial charge on any atom is 0.240 e. The first-order chi connectivity index (χ1) is 9.66. The third-order valence-corrected chi connectivity index (χ3v) is 3.97. The molecule has 0 radical (unpaired) electrons. The Labute approximate surface area is 120 Å². The van der Waals surface area contributed by atoms with Crippen LogP contribution >= 0.6 is 0 Å². The van der Waals surface area contributed by atoms with Crippen molar-refractivity contribution in [1.29, 1.82) is 0 Å². The average molecular weight is 278 g/mol. The molecule has 1 saturated heterocycles. The van der Waals surface area contributed by atoms with E-state index in [4.69, 9.17) is 0 Å². The number of nitrogens with one attached hydrogen (secondary N) is 2. The molecule has 0 spiro atoms. The van der Waals surface area contributed by atoms with E-state index in [2.05, 4.69) is 17.6 Å². The van der Waals surface area contributed by atoms with Crippen LogP contribution in [0.4, 0.5) is 4.39 Å². The van der Waals surface area contributed by atoms with Crippen molar-refractivity contribution in [2.24, 2.45) is 0 Å². The summed E-state index contributed by atoms with van der Waals surface area (Å²) in [7, 11) is 0. The van der Waals surface area contributed by atoms with Crippen LogP contribution < -0.4 is 10.6 Å². The molecule has 2 rings (SSSR count). The second-order valence-corrected chi connectivity index (χ2v) is 5.49. The molecule has 1 aliphatic rings. The Balaban J connectivity index is 1.83. The summed E-state index contributed by atoms with van der Waals surface area (Å²) in [6, 6.07) is 6.43. The smallest absolute Gasteiger partial charge is 0.240 e. The van der Waals surface area contributed by atoms with E-state index in [0.717, 1.165) is 44.2 Å². The number of carbonyl (C=O) groups is 1. The van der Waals surface area contributed by atoms with Gasteiger partial charge in [0.15, 0.2) is 0 Å². The Morgan fingerprint density at radius 3 is 2.75 bits per heavy atom. The van der Waals surface area contributed by atoms with Gasteiger partial charge in [0.25, 0.3) is 0 Å². The third-order valence-electron chi connectivity index (χ3n) is 3.97. The summed E-state index contributed by atoms with van der Waals surface area (Å²) in [5.74, 6) is -0.117. The SMILES string of the molecule is CCCC1(C(=O)NCCc2ccc(F)cc2)CCCN1. The largest absolute Gasteiger partial charge is 0.354 e. The zero-order valence-corrected chi connectivity index (χ0v) is 12.0. The molecule has 1 heterocycles. The van der Waals surface area contributed by atoms with Crippen LogP contribution in [0, 0.1) is 5.82 Å². The van der Waals surface area contributed by atoms with Crippen molar-refractivity contribution in [2.75, 3.05) is 13.1 Å². The van der Waals surface area contributed by atoms with Gasteiger partial charge in [-0.2, -0.15) is 0 Å². The van der Waals surface area contributed by atoms with Crippen molar-refractivity contribution < 1.29 is 9.18 Å². The van der Waals surface area contributed by atoms with Gasteiger partial charge in [0.2, 0.25) is 5.91 Å². The molecule has 2 N–H and O–H groups in total. The molecule has 1 unspecified atom stereocenters. The molecular weight excluding hydrogens is 255 g/mol. The number of hydrogen-bond acceptors (Lipinski definition) is 2. The maximum atomic E-state index is 12.8. The lowest BCUT2D eigenvalue weighted by atomic mass is 9.91. The van der Waals surface area contributed by atoms with Gasteiger partial charge in [-0.3, -0.25) is 4.79 Å². The summed E-state index contributed by atoms with van der Waals surface area (Å²) in [4.78, 5) is 12.4. The minimum atomic E-state index is -0.364. The molecule has 1 aromatic carbocycles. The number of amides is 1. The van der Waals surface area contributed by atoms with Crippen molar-refractivity contribution in [3.63, 3.8) is 0 Å². The number of hydrogen-bond donors (Lipinski definition) is 2. The standard InChI is InChI=1S/C16H23FN2O/c1-2-9-16(10-3-11-19-16)15(20)18-12-8-13-4-6-14(17)7-5-13/h4-7,19H,2-3,8-12H2,1H3,(H,18,20). The molecule has 1 aromatic rings. The van der Waals surface area contributed by atoms with Gasteiger partial charge in [0.1, 0.15) is 5.82 Å². The molecule has 3 nitrogen and oxygen atoms in total. The average Bonchev–Trinajstić information content (AvgIpc) is 2.91. The van der Waals surface area contributed by atoms with Crippen molar-refractivity contribution in [3.05, 3.63) is 35.6 Å². The summed E-state index contributed by atoms with van der Waals surface area (Å²) < 4.78 is 12.8. The fourth-order valence-corrected chi connectivity index (χ4v) is 2.89. The minimum Gasteiger partial charge on any atom is -0.354 e. The third kappa shape index (κ3) is 3.57. The monoisotopic (exact) mass is 278 g/mol. The van der Waals surface area contributed by atoms with Crippen LogP contribution in [0.1, 0.15) is 38.2 Å². The van der Waals surface area contributed by atoms with Gasteiger partial charge in [0, 0.05) is 6.54 Å². The highest BCUT2D eigenvalue weighted by atomic mass is 19.1.